The fourth-order valence-electron chi connectivity index (χ4n) is 1.55. The Labute approximate surface area is 120 Å². The maximum atomic E-state index is 12.1. The van der Waals surface area contributed by atoms with E-state index in [2.05, 4.69) is 9.71 Å². The van der Waals surface area contributed by atoms with Crippen molar-refractivity contribution in [3.8, 4) is 0 Å². The van der Waals surface area contributed by atoms with Gasteiger partial charge in [0.25, 0.3) is 10.0 Å². The lowest BCUT2D eigenvalue weighted by Gasteiger charge is -2.12. The van der Waals surface area contributed by atoms with Crippen LogP contribution >= 0.6 is 11.3 Å². The third kappa shape index (κ3) is 3.21. The summed E-state index contributed by atoms with van der Waals surface area (Å²) in [6, 6.07) is 5.68. The van der Waals surface area contributed by atoms with Crippen LogP contribution in [0.3, 0.4) is 0 Å². The molecule has 0 aliphatic carbocycles. The first-order valence-electron chi connectivity index (χ1n) is 5.65. The van der Waals surface area contributed by atoms with Gasteiger partial charge in [-0.2, -0.15) is 0 Å². The molecule has 2 N–H and O–H groups in total. The van der Waals surface area contributed by atoms with Gasteiger partial charge in [-0.3, -0.25) is 0 Å². The number of pyridine rings is 1. The number of rotatable bonds is 5. The molecule has 1 atom stereocenters. The van der Waals surface area contributed by atoms with E-state index in [1.807, 2.05) is 17.5 Å². The molecule has 0 amide bonds. The summed E-state index contributed by atoms with van der Waals surface area (Å²) in [5, 5.41) is 10.4. The molecule has 8 heteroatoms. The first-order valence-corrected chi connectivity index (χ1v) is 8.01. The molecule has 2 aromatic rings. The lowest BCUT2D eigenvalue weighted by atomic mass is 10.3. The molecule has 6 nitrogen and oxygen atoms in total. The van der Waals surface area contributed by atoms with E-state index in [0.29, 0.717) is 0 Å². The van der Waals surface area contributed by atoms with E-state index in [1.165, 1.54) is 23.5 Å². The van der Waals surface area contributed by atoms with E-state index in [0.717, 1.165) is 11.1 Å². The Morgan fingerprint density at radius 1 is 1.40 bits per heavy atom. The van der Waals surface area contributed by atoms with Gasteiger partial charge in [0.15, 0.2) is 5.03 Å². The molecule has 0 fully saturated rings. The van der Waals surface area contributed by atoms with Crippen molar-refractivity contribution >= 4 is 27.3 Å². The Hall–Kier alpha value is -1.77. The third-order valence-corrected chi connectivity index (χ3v) is 5.07. The number of hydrogen-bond donors (Lipinski definition) is 2. The number of aromatic carboxylic acids is 1. The molecular weight excluding hydrogens is 300 g/mol. The van der Waals surface area contributed by atoms with Crippen LogP contribution in [0.5, 0.6) is 0 Å². The molecule has 2 heterocycles. The minimum atomic E-state index is -3.78. The van der Waals surface area contributed by atoms with Crippen molar-refractivity contribution in [1.29, 1.82) is 0 Å². The summed E-state index contributed by atoms with van der Waals surface area (Å²) in [5.41, 5.74) is -0.0599. The van der Waals surface area contributed by atoms with E-state index in [4.69, 9.17) is 5.11 Å². The second-order valence-corrected chi connectivity index (χ2v) is 6.69. The maximum Gasteiger partial charge on any atom is 0.337 e. The van der Waals surface area contributed by atoms with Crippen molar-refractivity contribution in [2.24, 2.45) is 0 Å². The van der Waals surface area contributed by atoms with E-state index >= 15 is 0 Å². The zero-order chi connectivity index (χ0) is 14.8. The van der Waals surface area contributed by atoms with Crippen LogP contribution in [-0.2, 0) is 10.0 Å². The van der Waals surface area contributed by atoms with Crippen LogP contribution in [-0.4, -0.2) is 24.5 Å². The molecule has 106 valence electrons. The van der Waals surface area contributed by atoms with Gasteiger partial charge in [-0.25, -0.2) is 22.9 Å². The fraction of sp³-hybridized carbons (Fsp3) is 0.167. The Balaban J connectivity index is 2.20. The van der Waals surface area contributed by atoms with Crippen molar-refractivity contribution in [3.63, 3.8) is 0 Å². The van der Waals surface area contributed by atoms with E-state index < -0.39 is 16.0 Å². The third-order valence-electron chi connectivity index (χ3n) is 2.56. The van der Waals surface area contributed by atoms with Gasteiger partial charge in [0.05, 0.1) is 11.6 Å². The molecule has 0 unspecified atom stereocenters. The lowest BCUT2D eigenvalue weighted by Crippen LogP contribution is -2.27. The van der Waals surface area contributed by atoms with E-state index in [1.54, 1.807) is 6.92 Å². The second-order valence-electron chi connectivity index (χ2n) is 4.05. The number of carboxylic acids is 1. The van der Waals surface area contributed by atoms with Crippen LogP contribution in [0.1, 0.15) is 28.2 Å². The average Bonchev–Trinajstić information content (AvgIpc) is 2.92. The Bertz CT molecular complexity index is 694. The van der Waals surface area contributed by atoms with Crippen LogP contribution < -0.4 is 4.72 Å². The first kappa shape index (κ1) is 14.6. The van der Waals surface area contributed by atoms with Gasteiger partial charge in [-0.15, -0.1) is 11.3 Å². The van der Waals surface area contributed by atoms with Gasteiger partial charge in [-0.1, -0.05) is 6.07 Å². The average molecular weight is 312 g/mol. The number of nitrogens with one attached hydrogen (secondary N) is 1. The summed E-state index contributed by atoms with van der Waals surface area (Å²) < 4.78 is 26.7. The zero-order valence-electron chi connectivity index (χ0n) is 10.5. The van der Waals surface area contributed by atoms with Crippen LogP contribution in [0.25, 0.3) is 0 Å². The smallest absolute Gasteiger partial charge is 0.337 e. The normalized spacial score (nSPS) is 13.1. The first-order chi connectivity index (χ1) is 9.40. The molecule has 2 aromatic heterocycles. The molecule has 0 aromatic carbocycles. The highest BCUT2D eigenvalue weighted by atomic mass is 32.2. The molecular formula is C12H12N2O4S2. The van der Waals surface area contributed by atoms with Crippen molar-refractivity contribution < 1.29 is 18.3 Å². The second kappa shape index (κ2) is 5.70. The Kier molecular flexibility index (Phi) is 4.17. The number of thiophene rings is 1. The van der Waals surface area contributed by atoms with Crippen molar-refractivity contribution in [2.45, 2.75) is 18.0 Å². The Morgan fingerprint density at radius 3 is 2.65 bits per heavy atom. The van der Waals surface area contributed by atoms with Gasteiger partial charge < -0.3 is 5.11 Å². The van der Waals surface area contributed by atoms with Crippen LogP contribution in [0.2, 0.25) is 0 Å². The van der Waals surface area contributed by atoms with Crippen LogP contribution in [0.15, 0.2) is 40.9 Å². The fourth-order valence-corrected chi connectivity index (χ4v) is 3.52. The van der Waals surface area contributed by atoms with Crippen molar-refractivity contribution in [3.05, 3.63) is 46.3 Å². The number of sulfonamides is 1. The molecule has 0 aliphatic rings. The zero-order valence-corrected chi connectivity index (χ0v) is 12.1. The minimum absolute atomic E-state index is 0.0599. The maximum absolute atomic E-state index is 12.1. The number of carbonyl (C=O) groups is 1. The van der Waals surface area contributed by atoms with E-state index in [-0.39, 0.29) is 16.6 Å². The van der Waals surface area contributed by atoms with E-state index in [9.17, 15) is 13.2 Å². The topological polar surface area (TPSA) is 96.4 Å². The molecule has 2 rings (SSSR count). The summed E-state index contributed by atoms with van der Waals surface area (Å²) in [7, 11) is -3.78. The summed E-state index contributed by atoms with van der Waals surface area (Å²) in [6.45, 7) is 1.73. The number of hydrogen-bond acceptors (Lipinski definition) is 5. The highest BCUT2D eigenvalue weighted by molar-refractivity contribution is 7.89. The quantitative estimate of drug-likeness (QED) is 0.878. The number of carboxylic acid groups (broad SMARTS) is 1. The van der Waals surface area contributed by atoms with Gasteiger partial charge >= 0.3 is 5.97 Å². The molecule has 0 radical (unpaired) electrons. The molecule has 0 aliphatic heterocycles. The summed E-state index contributed by atoms with van der Waals surface area (Å²) >= 11 is 1.45. The minimum Gasteiger partial charge on any atom is -0.478 e. The summed E-state index contributed by atoms with van der Waals surface area (Å²) in [5.74, 6) is -1.15. The Morgan fingerprint density at radius 2 is 2.15 bits per heavy atom. The summed E-state index contributed by atoms with van der Waals surface area (Å²) in [6.07, 6.45) is 1.02. The lowest BCUT2D eigenvalue weighted by molar-refractivity contribution is 0.0696. The van der Waals surface area contributed by atoms with Crippen LogP contribution in [0, 0.1) is 0 Å². The largest absolute Gasteiger partial charge is 0.478 e. The van der Waals surface area contributed by atoms with Gasteiger partial charge in [0.1, 0.15) is 0 Å². The highest BCUT2D eigenvalue weighted by Crippen LogP contribution is 2.20. The SMILES string of the molecule is C[C@@H](NS(=O)(=O)c1ccc(C(=O)O)cn1)c1cccs1. The van der Waals surface area contributed by atoms with Gasteiger partial charge in [0, 0.05) is 11.1 Å². The molecule has 0 bridgehead atoms. The van der Waals surface area contributed by atoms with Crippen molar-refractivity contribution in [2.75, 3.05) is 0 Å². The highest BCUT2D eigenvalue weighted by Gasteiger charge is 2.20. The number of aromatic nitrogens is 1. The predicted molar refractivity (Wildman–Crippen MR) is 74.3 cm³/mol. The molecule has 20 heavy (non-hydrogen) atoms. The van der Waals surface area contributed by atoms with Crippen LogP contribution in [0.4, 0.5) is 0 Å². The molecule has 0 spiro atoms. The van der Waals surface area contributed by atoms with Crippen molar-refractivity contribution in [1.82, 2.24) is 9.71 Å². The van der Waals surface area contributed by atoms with Gasteiger partial charge in [-0.05, 0) is 30.5 Å². The molecule has 0 saturated heterocycles. The standard InChI is InChI=1S/C12H12N2O4S2/c1-8(10-3-2-6-19-10)14-20(17,18)11-5-4-9(7-13-11)12(15)16/h2-8,14H,1H3,(H,15,16)/t8-/m1/s1. The monoisotopic (exact) mass is 312 g/mol. The summed E-state index contributed by atoms with van der Waals surface area (Å²) in [4.78, 5) is 15.3. The predicted octanol–water partition coefficient (Wildman–Crippen LogP) is 1.88. The molecule has 0 saturated carbocycles. The van der Waals surface area contributed by atoms with Gasteiger partial charge in [0.2, 0.25) is 0 Å². The number of nitrogens with zero attached hydrogens (tertiary/aromatic N) is 1.